The highest BCUT2D eigenvalue weighted by Crippen LogP contribution is 2.33. The summed E-state index contributed by atoms with van der Waals surface area (Å²) in [7, 11) is 1.45. The van der Waals surface area contributed by atoms with Crippen molar-refractivity contribution in [1.82, 2.24) is 0 Å². The number of ether oxygens (including phenoxy) is 1. The Balaban J connectivity index is 2.17. The van der Waals surface area contributed by atoms with Crippen LogP contribution in [-0.4, -0.2) is 18.2 Å². The smallest absolute Gasteiger partial charge is 0.339 e. The molecule has 2 rings (SSSR count). The van der Waals surface area contributed by atoms with E-state index in [1.165, 1.54) is 24.9 Å². The molecule has 0 aliphatic heterocycles. The molecule has 1 N–H and O–H groups in total. The second kappa shape index (κ2) is 7.07. The summed E-state index contributed by atoms with van der Waals surface area (Å²) >= 11 is 13.6. The van der Waals surface area contributed by atoms with Gasteiger partial charge in [-0.3, -0.25) is 0 Å². The molecule has 3 nitrogen and oxygen atoms in total. The molecule has 0 saturated heterocycles. The van der Waals surface area contributed by atoms with Crippen LogP contribution < -0.4 is 4.74 Å². The van der Waals surface area contributed by atoms with Crippen molar-refractivity contribution in [2.75, 3.05) is 7.11 Å². The largest absolute Gasteiger partial charge is 0.496 e. The fourth-order valence-corrected chi connectivity index (χ4v) is 3.19. The highest BCUT2D eigenvalue weighted by molar-refractivity contribution is 7.98. The molecule has 0 radical (unpaired) electrons. The summed E-state index contributed by atoms with van der Waals surface area (Å²) in [5.74, 6) is -0.0298. The predicted octanol–water partition coefficient (Wildman–Crippen LogP) is 4.99. The van der Waals surface area contributed by atoms with E-state index in [9.17, 15) is 4.79 Å². The number of hydrogen-bond donors (Lipinski definition) is 1. The number of halogens is 2. The van der Waals surface area contributed by atoms with Gasteiger partial charge in [0.05, 0.1) is 12.1 Å². The molecule has 0 atom stereocenters. The minimum atomic E-state index is -1.01. The highest BCUT2D eigenvalue weighted by atomic mass is 35.5. The van der Waals surface area contributed by atoms with Crippen molar-refractivity contribution in [1.29, 1.82) is 0 Å². The van der Waals surface area contributed by atoms with Crippen LogP contribution in [0.3, 0.4) is 0 Å². The summed E-state index contributed by atoms with van der Waals surface area (Å²) in [6, 6.07) is 10.3. The molecule has 2 aromatic carbocycles. The van der Waals surface area contributed by atoms with Crippen LogP contribution in [0.1, 0.15) is 15.9 Å². The Kier molecular flexibility index (Phi) is 5.39. The number of methoxy groups -OCH3 is 1. The van der Waals surface area contributed by atoms with Crippen LogP contribution in [0.4, 0.5) is 0 Å². The number of carboxylic acid groups (broad SMARTS) is 1. The van der Waals surface area contributed by atoms with E-state index in [4.69, 9.17) is 33.0 Å². The van der Waals surface area contributed by atoms with E-state index >= 15 is 0 Å². The summed E-state index contributed by atoms with van der Waals surface area (Å²) in [5, 5.41) is 10.3. The van der Waals surface area contributed by atoms with Gasteiger partial charge in [0.25, 0.3) is 0 Å². The minimum Gasteiger partial charge on any atom is -0.496 e. The van der Waals surface area contributed by atoms with Gasteiger partial charge < -0.3 is 9.84 Å². The molecule has 0 aliphatic carbocycles. The van der Waals surface area contributed by atoms with Crippen LogP contribution in [-0.2, 0) is 5.75 Å². The molecular formula is C15H12Cl2O3S. The standard InChI is InChI=1S/C15H12Cl2O3S/c1-20-13-6-9(2-4-11(13)15(18)19)8-21-14-7-10(16)3-5-12(14)17/h2-7H,8H2,1H3,(H,18,19). The van der Waals surface area contributed by atoms with E-state index in [2.05, 4.69) is 0 Å². The van der Waals surface area contributed by atoms with E-state index in [1.807, 2.05) is 0 Å². The fraction of sp³-hybridized carbons (Fsp3) is 0.133. The molecule has 0 aliphatic rings. The molecule has 0 unspecified atom stereocenters. The van der Waals surface area contributed by atoms with Gasteiger partial charge in [0.15, 0.2) is 0 Å². The van der Waals surface area contributed by atoms with Gasteiger partial charge in [0.1, 0.15) is 11.3 Å². The lowest BCUT2D eigenvalue weighted by molar-refractivity contribution is 0.0693. The van der Waals surface area contributed by atoms with Crippen molar-refractivity contribution in [3.63, 3.8) is 0 Å². The van der Waals surface area contributed by atoms with Crippen molar-refractivity contribution in [2.24, 2.45) is 0 Å². The third kappa shape index (κ3) is 4.06. The Morgan fingerprint density at radius 3 is 2.67 bits per heavy atom. The normalized spacial score (nSPS) is 10.4. The molecule has 2 aromatic rings. The maximum Gasteiger partial charge on any atom is 0.339 e. The van der Waals surface area contributed by atoms with Crippen LogP contribution in [0.2, 0.25) is 10.0 Å². The zero-order valence-corrected chi connectivity index (χ0v) is 13.4. The lowest BCUT2D eigenvalue weighted by atomic mass is 10.1. The molecule has 0 bridgehead atoms. The van der Waals surface area contributed by atoms with Gasteiger partial charge in [0, 0.05) is 15.7 Å². The molecule has 0 amide bonds. The first kappa shape index (κ1) is 16.0. The molecule has 0 heterocycles. The molecule has 0 saturated carbocycles. The maximum atomic E-state index is 11.0. The number of aromatic carboxylic acids is 1. The van der Waals surface area contributed by atoms with Crippen molar-refractivity contribution in [3.05, 3.63) is 57.6 Å². The zero-order chi connectivity index (χ0) is 15.4. The van der Waals surface area contributed by atoms with Gasteiger partial charge in [0.2, 0.25) is 0 Å². The van der Waals surface area contributed by atoms with E-state index in [1.54, 1.807) is 30.3 Å². The predicted molar refractivity (Wildman–Crippen MR) is 86.0 cm³/mol. The highest BCUT2D eigenvalue weighted by Gasteiger charge is 2.11. The van der Waals surface area contributed by atoms with Gasteiger partial charge in [-0.05, 0) is 35.9 Å². The molecule has 21 heavy (non-hydrogen) atoms. The van der Waals surface area contributed by atoms with Crippen molar-refractivity contribution >= 4 is 40.9 Å². The Labute approximate surface area is 136 Å². The summed E-state index contributed by atoms with van der Waals surface area (Å²) < 4.78 is 5.10. The summed E-state index contributed by atoms with van der Waals surface area (Å²) in [4.78, 5) is 11.9. The SMILES string of the molecule is COc1cc(CSc2cc(Cl)ccc2Cl)ccc1C(=O)O. The molecule has 6 heteroatoms. The maximum absolute atomic E-state index is 11.0. The summed E-state index contributed by atoms with van der Waals surface area (Å²) in [6.07, 6.45) is 0. The monoisotopic (exact) mass is 342 g/mol. The Morgan fingerprint density at radius 1 is 1.24 bits per heavy atom. The second-order valence-corrected chi connectivity index (χ2v) is 6.06. The van der Waals surface area contributed by atoms with Gasteiger partial charge in [-0.25, -0.2) is 4.79 Å². The number of hydrogen-bond acceptors (Lipinski definition) is 3. The van der Waals surface area contributed by atoms with Crippen LogP contribution in [0.25, 0.3) is 0 Å². The first-order valence-electron chi connectivity index (χ1n) is 5.99. The number of benzene rings is 2. The average molecular weight is 343 g/mol. The van der Waals surface area contributed by atoms with Gasteiger partial charge in [-0.2, -0.15) is 0 Å². The van der Waals surface area contributed by atoms with E-state index in [0.717, 1.165) is 10.5 Å². The number of carboxylic acids is 1. The Bertz CT molecular complexity index is 674. The molecule has 0 aromatic heterocycles. The van der Waals surface area contributed by atoms with Crippen molar-refractivity contribution in [2.45, 2.75) is 10.6 Å². The van der Waals surface area contributed by atoms with E-state index in [-0.39, 0.29) is 5.56 Å². The summed E-state index contributed by atoms with van der Waals surface area (Å²) in [6.45, 7) is 0. The lowest BCUT2D eigenvalue weighted by Crippen LogP contribution is -2.00. The van der Waals surface area contributed by atoms with Crippen LogP contribution in [0, 0.1) is 0 Å². The molecular weight excluding hydrogens is 331 g/mol. The molecule has 0 fully saturated rings. The second-order valence-electron chi connectivity index (χ2n) is 4.20. The topological polar surface area (TPSA) is 46.5 Å². The third-order valence-electron chi connectivity index (χ3n) is 2.78. The fourth-order valence-electron chi connectivity index (χ4n) is 1.75. The van der Waals surface area contributed by atoms with Gasteiger partial charge >= 0.3 is 5.97 Å². The number of thioether (sulfide) groups is 1. The first-order valence-corrected chi connectivity index (χ1v) is 7.73. The Hall–Kier alpha value is -1.36. The van der Waals surface area contributed by atoms with Crippen LogP contribution in [0.15, 0.2) is 41.3 Å². The van der Waals surface area contributed by atoms with Crippen molar-refractivity contribution in [3.8, 4) is 5.75 Å². The van der Waals surface area contributed by atoms with Gasteiger partial charge in [-0.1, -0.05) is 29.3 Å². The summed E-state index contributed by atoms with van der Waals surface area (Å²) in [5.41, 5.74) is 1.09. The lowest BCUT2D eigenvalue weighted by Gasteiger charge is -2.09. The van der Waals surface area contributed by atoms with Crippen LogP contribution in [0.5, 0.6) is 5.75 Å². The quantitative estimate of drug-likeness (QED) is 0.777. The molecule has 0 spiro atoms. The van der Waals surface area contributed by atoms with Gasteiger partial charge in [-0.15, -0.1) is 11.8 Å². The van der Waals surface area contributed by atoms with E-state index < -0.39 is 5.97 Å². The Morgan fingerprint density at radius 2 is 2.00 bits per heavy atom. The number of rotatable bonds is 5. The molecule has 110 valence electrons. The third-order valence-corrected chi connectivity index (χ3v) is 4.59. The van der Waals surface area contributed by atoms with Crippen LogP contribution >= 0.6 is 35.0 Å². The average Bonchev–Trinajstić information content (AvgIpc) is 2.47. The first-order chi connectivity index (χ1) is 10.0. The van der Waals surface area contributed by atoms with Crippen molar-refractivity contribution < 1.29 is 14.6 Å². The minimum absolute atomic E-state index is 0.145. The zero-order valence-electron chi connectivity index (χ0n) is 11.1. The number of carbonyl (C=O) groups is 1. The van der Waals surface area contributed by atoms with E-state index in [0.29, 0.717) is 21.5 Å².